The second kappa shape index (κ2) is 5.12. The minimum absolute atomic E-state index is 0.138. The number of alkyl halides is 5. The molecular formula is C12H13F5O. The molecule has 1 rings (SSSR count). The van der Waals surface area contributed by atoms with E-state index >= 15 is 0 Å². The van der Waals surface area contributed by atoms with Crippen molar-refractivity contribution in [3.05, 3.63) is 29.8 Å². The van der Waals surface area contributed by atoms with Gasteiger partial charge in [-0.3, -0.25) is 0 Å². The molecule has 0 amide bonds. The summed E-state index contributed by atoms with van der Waals surface area (Å²) in [5, 5.41) is 0. The van der Waals surface area contributed by atoms with Crippen molar-refractivity contribution in [2.75, 3.05) is 0 Å². The van der Waals surface area contributed by atoms with Crippen molar-refractivity contribution >= 4 is 0 Å². The van der Waals surface area contributed by atoms with E-state index in [9.17, 15) is 22.0 Å². The third-order valence-electron chi connectivity index (χ3n) is 2.54. The van der Waals surface area contributed by atoms with Crippen LogP contribution in [0.15, 0.2) is 24.3 Å². The Labute approximate surface area is 102 Å². The molecule has 1 nitrogen and oxygen atoms in total. The monoisotopic (exact) mass is 268 g/mol. The Morgan fingerprint density at radius 3 is 2.28 bits per heavy atom. The van der Waals surface area contributed by atoms with Crippen molar-refractivity contribution < 1.29 is 26.7 Å². The second-order valence-corrected chi connectivity index (χ2v) is 4.58. The molecular weight excluding hydrogens is 255 g/mol. The Hall–Kier alpha value is -1.33. The van der Waals surface area contributed by atoms with Gasteiger partial charge in [-0.15, -0.1) is 0 Å². The Balaban J connectivity index is 2.85. The highest BCUT2D eigenvalue weighted by Crippen LogP contribution is 2.40. The lowest BCUT2D eigenvalue weighted by atomic mass is 9.85. The number of rotatable bonds is 4. The molecule has 0 atom stereocenters. The summed E-state index contributed by atoms with van der Waals surface area (Å²) in [6, 6.07) is 5.31. The lowest BCUT2D eigenvalue weighted by Gasteiger charge is -2.27. The van der Waals surface area contributed by atoms with Crippen molar-refractivity contribution in [1.29, 1.82) is 0 Å². The fourth-order valence-electron chi connectivity index (χ4n) is 1.44. The Kier molecular flexibility index (Phi) is 4.19. The van der Waals surface area contributed by atoms with Gasteiger partial charge in [0.1, 0.15) is 5.75 Å². The van der Waals surface area contributed by atoms with E-state index in [2.05, 4.69) is 4.74 Å². The predicted octanol–water partition coefficient (Wildman–Crippen LogP) is 4.42. The average molecular weight is 268 g/mol. The van der Waals surface area contributed by atoms with Crippen LogP contribution in [-0.4, -0.2) is 12.8 Å². The average Bonchev–Trinajstić information content (AvgIpc) is 2.14. The maximum Gasteiger partial charge on any atom is 0.394 e. The van der Waals surface area contributed by atoms with Crippen LogP contribution in [0.3, 0.4) is 0 Å². The summed E-state index contributed by atoms with van der Waals surface area (Å²) in [6.07, 6.45) is -4.65. The molecule has 102 valence electrons. The van der Waals surface area contributed by atoms with Gasteiger partial charge in [-0.1, -0.05) is 26.0 Å². The lowest BCUT2D eigenvalue weighted by Crippen LogP contribution is -2.34. The first-order valence-electron chi connectivity index (χ1n) is 5.22. The van der Waals surface area contributed by atoms with E-state index in [0.717, 1.165) is 13.8 Å². The van der Waals surface area contributed by atoms with E-state index < -0.39 is 18.2 Å². The normalized spacial score (nSPS) is 12.9. The molecule has 0 aliphatic heterocycles. The van der Waals surface area contributed by atoms with Crippen LogP contribution in [0.5, 0.6) is 5.75 Å². The van der Waals surface area contributed by atoms with Crippen LogP contribution < -0.4 is 4.74 Å². The Morgan fingerprint density at radius 2 is 1.78 bits per heavy atom. The van der Waals surface area contributed by atoms with Crippen molar-refractivity contribution in [1.82, 2.24) is 0 Å². The molecule has 0 unspecified atom stereocenters. The summed E-state index contributed by atoms with van der Waals surface area (Å²) < 4.78 is 66.1. The number of ether oxygens (including phenoxy) is 1. The summed E-state index contributed by atoms with van der Waals surface area (Å²) in [5.41, 5.74) is -1.62. The first-order chi connectivity index (χ1) is 8.12. The van der Waals surface area contributed by atoms with Gasteiger partial charge in [0.2, 0.25) is 0 Å². The van der Waals surface area contributed by atoms with E-state index in [0.29, 0.717) is 5.56 Å². The minimum Gasteiger partial charge on any atom is -0.435 e. The maximum absolute atomic E-state index is 12.7. The number of halogens is 5. The third-order valence-corrected chi connectivity index (χ3v) is 2.54. The molecule has 1 aromatic carbocycles. The fourth-order valence-corrected chi connectivity index (χ4v) is 1.44. The molecule has 0 saturated heterocycles. The largest absolute Gasteiger partial charge is 0.435 e. The van der Waals surface area contributed by atoms with E-state index in [1.54, 1.807) is 0 Å². The van der Waals surface area contributed by atoms with E-state index in [1.165, 1.54) is 24.3 Å². The number of hydrogen-bond donors (Lipinski definition) is 0. The summed E-state index contributed by atoms with van der Waals surface area (Å²) in [5.74, 6) is -0.138. The molecule has 0 saturated carbocycles. The number of hydrogen-bond acceptors (Lipinski definition) is 1. The van der Waals surface area contributed by atoms with Crippen LogP contribution in [-0.2, 0) is 6.42 Å². The van der Waals surface area contributed by atoms with Gasteiger partial charge in [0, 0.05) is 0 Å². The highest BCUT2D eigenvalue weighted by Gasteiger charge is 2.46. The molecule has 0 bridgehead atoms. The molecule has 0 aromatic heterocycles. The summed E-state index contributed by atoms with van der Waals surface area (Å²) in [6.45, 7) is -0.864. The zero-order valence-electron chi connectivity index (χ0n) is 9.89. The van der Waals surface area contributed by atoms with Gasteiger partial charge in [-0.05, 0) is 24.1 Å². The smallest absolute Gasteiger partial charge is 0.394 e. The topological polar surface area (TPSA) is 9.23 Å². The van der Waals surface area contributed by atoms with Crippen molar-refractivity contribution in [2.24, 2.45) is 5.41 Å². The van der Waals surface area contributed by atoms with Crippen LogP contribution >= 0.6 is 0 Å². The highest BCUT2D eigenvalue weighted by atomic mass is 19.4. The predicted molar refractivity (Wildman–Crippen MR) is 56.6 cm³/mol. The SMILES string of the molecule is CC(C)(Cc1cccc(OC(F)F)c1)C(F)(F)F. The molecule has 0 N–H and O–H groups in total. The van der Waals surface area contributed by atoms with Crippen LogP contribution in [0.1, 0.15) is 19.4 Å². The van der Waals surface area contributed by atoms with Crippen LogP contribution in [0, 0.1) is 5.41 Å². The van der Waals surface area contributed by atoms with Gasteiger partial charge in [0.05, 0.1) is 5.41 Å². The molecule has 0 fully saturated rings. The third kappa shape index (κ3) is 3.85. The van der Waals surface area contributed by atoms with Gasteiger partial charge in [-0.2, -0.15) is 22.0 Å². The first-order valence-corrected chi connectivity index (χ1v) is 5.22. The molecule has 0 aliphatic rings. The molecule has 18 heavy (non-hydrogen) atoms. The van der Waals surface area contributed by atoms with Crippen LogP contribution in [0.4, 0.5) is 22.0 Å². The summed E-state index contributed by atoms with van der Waals surface area (Å²) >= 11 is 0. The quantitative estimate of drug-likeness (QED) is 0.734. The number of benzene rings is 1. The van der Waals surface area contributed by atoms with Gasteiger partial charge >= 0.3 is 12.8 Å². The summed E-state index contributed by atoms with van der Waals surface area (Å²) in [7, 11) is 0. The van der Waals surface area contributed by atoms with E-state index in [-0.39, 0.29) is 12.2 Å². The molecule has 0 radical (unpaired) electrons. The van der Waals surface area contributed by atoms with Crippen molar-refractivity contribution in [3.63, 3.8) is 0 Å². The minimum atomic E-state index is -4.35. The van der Waals surface area contributed by atoms with Gasteiger partial charge in [0.25, 0.3) is 0 Å². The molecule has 0 aliphatic carbocycles. The maximum atomic E-state index is 12.7. The zero-order valence-corrected chi connectivity index (χ0v) is 9.89. The molecule has 1 aromatic rings. The molecule has 6 heteroatoms. The zero-order chi connectivity index (χ0) is 14.0. The second-order valence-electron chi connectivity index (χ2n) is 4.58. The van der Waals surface area contributed by atoms with Crippen LogP contribution in [0.25, 0.3) is 0 Å². The van der Waals surface area contributed by atoms with Gasteiger partial charge < -0.3 is 4.74 Å². The lowest BCUT2D eigenvalue weighted by molar-refractivity contribution is -0.211. The molecule has 0 spiro atoms. The fraction of sp³-hybridized carbons (Fsp3) is 0.500. The van der Waals surface area contributed by atoms with Crippen molar-refractivity contribution in [3.8, 4) is 5.75 Å². The first kappa shape index (κ1) is 14.7. The molecule has 0 heterocycles. The van der Waals surface area contributed by atoms with Gasteiger partial charge in [-0.25, -0.2) is 0 Å². The van der Waals surface area contributed by atoms with E-state index in [4.69, 9.17) is 0 Å². The standard InChI is InChI=1S/C12H13F5O/c1-11(2,12(15,16)17)7-8-4-3-5-9(6-8)18-10(13)14/h3-6,10H,7H2,1-2H3. The van der Waals surface area contributed by atoms with Gasteiger partial charge in [0.15, 0.2) is 0 Å². The van der Waals surface area contributed by atoms with Crippen LogP contribution in [0.2, 0.25) is 0 Å². The summed E-state index contributed by atoms with van der Waals surface area (Å²) in [4.78, 5) is 0. The van der Waals surface area contributed by atoms with E-state index in [1.807, 2.05) is 0 Å². The van der Waals surface area contributed by atoms with Crippen molar-refractivity contribution in [2.45, 2.75) is 33.1 Å². The Bertz CT molecular complexity index is 398. The highest BCUT2D eigenvalue weighted by molar-refractivity contribution is 5.29. The Morgan fingerprint density at radius 1 is 1.17 bits per heavy atom.